The van der Waals surface area contributed by atoms with Gasteiger partial charge in [0.05, 0.1) is 0 Å². The van der Waals surface area contributed by atoms with Crippen molar-refractivity contribution in [3.05, 3.63) is 0 Å². The highest BCUT2D eigenvalue weighted by atomic mass is 16.4. The van der Waals surface area contributed by atoms with E-state index >= 15 is 0 Å². The summed E-state index contributed by atoms with van der Waals surface area (Å²) in [5.41, 5.74) is -0.569. The molecule has 4 fully saturated rings. The molecule has 4 heteroatoms. The number of carboxylic acids is 1. The topological polar surface area (TPSA) is 43.8 Å². The number of fused-ring (bicyclic) bond motifs is 3. The zero-order valence-electron chi connectivity index (χ0n) is 11.1. The summed E-state index contributed by atoms with van der Waals surface area (Å²) in [5, 5.41) is 9.89. The maximum absolute atomic E-state index is 12.0. The van der Waals surface area contributed by atoms with Gasteiger partial charge in [-0.3, -0.25) is 9.69 Å². The van der Waals surface area contributed by atoms with Crippen molar-refractivity contribution in [1.29, 1.82) is 0 Å². The molecule has 4 aliphatic rings. The molecule has 4 aliphatic heterocycles. The van der Waals surface area contributed by atoms with Crippen LogP contribution in [0.1, 0.15) is 38.5 Å². The highest BCUT2D eigenvalue weighted by Crippen LogP contribution is 2.40. The summed E-state index contributed by atoms with van der Waals surface area (Å²) in [4.78, 5) is 16.7. The molecular weight excluding hydrogens is 228 g/mol. The van der Waals surface area contributed by atoms with Crippen molar-refractivity contribution in [2.75, 3.05) is 32.7 Å². The number of piperidine rings is 3. The highest BCUT2D eigenvalue weighted by Gasteiger charge is 2.55. The quantitative estimate of drug-likeness (QED) is 0.807. The molecule has 2 bridgehead atoms. The van der Waals surface area contributed by atoms with Crippen molar-refractivity contribution in [3.8, 4) is 0 Å². The van der Waals surface area contributed by atoms with E-state index in [2.05, 4.69) is 9.80 Å². The smallest absolute Gasteiger partial charge is 0.325 e. The van der Waals surface area contributed by atoms with E-state index in [0.717, 1.165) is 45.6 Å². The number of likely N-dealkylation sites (tertiary alicyclic amines) is 1. The number of aliphatic carboxylic acids is 1. The van der Waals surface area contributed by atoms with Crippen molar-refractivity contribution in [3.63, 3.8) is 0 Å². The third kappa shape index (κ3) is 1.86. The average Bonchev–Trinajstić information content (AvgIpc) is 2.68. The third-order valence-corrected chi connectivity index (χ3v) is 5.27. The molecule has 0 spiro atoms. The fraction of sp³-hybridized carbons (Fsp3) is 0.929. The second kappa shape index (κ2) is 4.82. The first-order valence-corrected chi connectivity index (χ1v) is 7.44. The fourth-order valence-electron chi connectivity index (χ4n) is 4.24. The van der Waals surface area contributed by atoms with Crippen LogP contribution in [0.3, 0.4) is 0 Å². The molecule has 4 heterocycles. The van der Waals surface area contributed by atoms with E-state index in [-0.39, 0.29) is 0 Å². The van der Waals surface area contributed by atoms with Gasteiger partial charge in [-0.15, -0.1) is 0 Å². The molecule has 4 nitrogen and oxygen atoms in total. The monoisotopic (exact) mass is 252 g/mol. The van der Waals surface area contributed by atoms with Gasteiger partial charge in [0.1, 0.15) is 5.54 Å². The number of hydrogen-bond donors (Lipinski definition) is 1. The van der Waals surface area contributed by atoms with Crippen LogP contribution in [0.4, 0.5) is 0 Å². The van der Waals surface area contributed by atoms with Crippen molar-refractivity contribution in [2.24, 2.45) is 5.92 Å². The largest absolute Gasteiger partial charge is 0.480 e. The van der Waals surface area contributed by atoms with Gasteiger partial charge in [-0.05, 0) is 57.8 Å². The van der Waals surface area contributed by atoms with Crippen LogP contribution in [-0.4, -0.2) is 59.1 Å². The molecule has 1 atom stereocenters. The predicted molar refractivity (Wildman–Crippen MR) is 69.6 cm³/mol. The van der Waals surface area contributed by atoms with Crippen molar-refractivity contribution in [2.45, 2.75) is 44.1 Å². The van der Waals surface area contributed by atoms with Gasteiger partial charge >= 0.3 is 5.97 Å². The van der Waals surface area contributed by atoms with Crippen LogP contribution >= 0.6 is 0 Å². The number of carbonyl (C=O) groups is 1. The van der Waals surface area contributed by atoms with Gasteiger partial charge in [0.25, 0.3) is 0 Å². The number of rotatable bonds is 2. The standard InChI is InChI=1S/C14H24N2O2/c17-13(18)14(16-7-3-1-2-4-8-16)11-15-9-5-12(14)6-10-15/h12H,1-11H2,(H,17,18). The van der Waals surface area contributed by atoms with E-state index in [1.807, 2.05) is 0 Å². The van der Waals surface area contributed by atoms with Gasteiger partial charge in [0.2, 0.25) is 0 Å². The second-order valence-electron chi connectivity index (χ2n) is 6.18. The van der Waals surface area contributed by atoms with E-state index in [4.69, 9.17) is 0 Å². The average molecular weight is 252 g/mol. The first kappa shape index (κ1) is 12.4. The molecule has 4 rings (SSSR count). The number of hydrogen-bond acceptors (Lipinski definition) is 3. The maximum Gasteiger partial charge on any atom is 0.325 e. The highest BCUT2D eigenvalue weighted by molar-refractivity contribution is 5.80. The Labute approximate surface area is 109 Å². The minimum atomic E-state index is -0.571. The second-order valence-corrected chi connectivity index (χ2v) is 6.18. The summed E-state index contributed by atoms with van der Waals surface area (Å²) in [6.45, 7) is 4.93. The lowest BCUT2D eigenvalue weighted by Gasteiger charge is -2.55. The molecule has 0 aromatic rings. The van der Waals surface area contributed by atoms with E-state index in [0.29, 0.717) is 5.92 Å². The molecule has 0 aliphatic carbocycles. The Morgan fingerprint density at radius 1 is 1.00 bits per heavy atom. The van der Waals surface area contributed by atoms with Gasteiger partial charge in [-0.25, -0.2) is 0 Å². The zero-order chi connectivity index (χ0) is 12.6. The Kier molecular flexibility index (Phi) is 3.32. The minimum absolute atomic E-state index is 0.373. The fourth-order valence-corrected chi connectivity index (χ4v) is 4.24. The first-order chi connectivity index (χ1) is 8.73. The molecular formula is C14H24N2O2. The Balaban J connectivity index is 1.88. The lowest BCUT2D eigenvalue weighted by Crippen LogP contribution is -2.70. The predicted octanol–water partition coefficient (Wildman–Crippen LogP) is 1.41. The molecule has 0 radical (unpaired) electrons. The molecule has 0 aromatic carbocycles. The lowest BCUT2D eigenvalue weighted by molar-refractivity contribution is -0.167. The van der Waals surface area contributed by atoms with Crippen LogP contribution in [0.2, 0.25) is 0 Å². The van der Waals surface area contributed by atoms with E-state index in [1.54, 1.807) is 0 Å². The van der Waals surface area contributed by atoms with Crippen LogP contribution in [0.5, 0.6) is 0 Å². The summed E-state index contributed by atoms with van der Waals surface area (Å²) >= 11 is 0. The molecule has 0 saturated carbocycles. The van der Waals surface area contributed by atoms with E-state index in [1.165, 1.54) is 25.7 Å². The van der Waals surface area contributed by atoms with Crippen LogP contribution in [0.15, 0.2) is 0 Å². The van der Waals surface area contributed by atoms with Gasteiger partial charge in [0.15, 0.2) is 0 Å². The van der Waals surface area contributed by atoms with Crippen molar-refractivity contribution in [1.82, 2.24) is 9.80 Å². The summed E-state index contributed by atoms with van der Waals surface area (Å²) in [6, 6.07) is 0. The summed E-state index contributed by atoms with van der Waals surface area (Å²) in [6.07, 6.45) is 7.01. The Morgan fingerprint density at radius 2 is 1.61 bits per heavy atom. The first-order valence-electron chi connectivity index (χ1n) is 7.44. The molecule has 1 unspecified atom stereocenters. The van der Waals surface area contributed by atoms with Crippen LogP contribution < -0.4 is 0 Å². The third-order valence-electron chi connectivity index (χ3n) is 5.27. The molecule has 18 heavy (non-hydrogen) atoms. The van der Waals surface area contributed by atoms with Crippen LogP contribution in [0.25, 0.3) is 0 Å². The molecule has 0 aromatic heterocycles. The van der Waals surface area contributed by atoms with Gasteiger partial charge in [-0.1, -0.05) is 12.8 Å². The molecule has 102 valence electrons. The Morgan fingerprint density at radius 3 is 2.06 bits per heavy atom. The summed E-state index contributed by atoms with van der Waals surface area (Å²) in [7, 11) is 0. The normalized spacial score (nSPS) is 41.6. The molecule has 4 saturated heterocycles. The molecule has 1 N–H and O–H groups in total. The SMILES string of the molecule is O=C(O)C1(N2CCCCCC2)CN2CCC1CC2. The number of nitrogens with zero attached hydrogens (tertiary/aromatic N) is 2. The number of carboxylic acid groups (broad SMARTS) is 1. The van der Waals surface area contributed by atoms with Crippen molar-refractivity contribution < 1.29 is 9.90 Å². The van der Waals surface area contributed by atoms with Gasteiger partial charge in [0, 0.05) is 6.54 Å². The van der Waals surface area contributed by atoms with Crippen molar-refractivity contribution >= 4 is 5.97 Å². The Bertz CT molecular complexity index is 318. The summed E-state index contributed by atoms with van der Waals surface area (Å²) < 4.78 is 0. The maximum atomic E-state index is 12.0. The van der Waals surface area contributed by atoms with Gasteiger partial charge < -0.3 is 10.0 Å². The zero-order valence-corrected chi connectivity index (χ0v) is 11.1. The Hall–Kier alpha value is -0.610. The lowest BCUT2D eigenvalue weighted by atomic mass is 9.71. The van der Waals surface area contributed by atoms with E-state index < -0.39 is 11.5 Å². The van der Waals surface area contributed by atoms with Crippen LogP contribution in [0, 0.1) is 5.92 Å². The molecule has 0 amide bonds. The van der Waals surface area contributed by atoms with Gasteiger partial charge in [-0.2, -0.15) is 0 Å². The van der Waals surface area contributed by atoms with E-state index in [9.17, 15) is 9.90 Å². The summed E-state index contributed by atoms with van der Waals surface area (Å²) in [5.74, 6) is -0.197. The minimum Gasteiger partial charge on any atom is -0.480 e. The van der Waals surface area contributed by atoms with Crippen LogP contribution in [-0.2, 0) is 4.79 Å².